The van der Waals surface area contributed by atoms with Crippen LogP contribution in [0.1, 0.15) is 50.7 Å². The second-order valence-electron chi connectivity index (χ2n) is 10.6. The van der Waals surface area contributed by atoms with Crippen molar-refractivity contribution in [1.82, 2.24) is 10.2 Å². The molecular formula is C32H38BrN3O5S. The molecule has 8 nitrogen and oxygen atoms in total. The summed E-state index contributed by atoms with van der Waals surface area (Å²) < 4.78 is 35.5. The number of nitrogens with zero attached hydrogens (tertiary/aromatic N) is 2. The Labute approximate surface area is 257 Å². The largest absolute Gasteiger partial charge is 0.494 e. The lowest BCUT2D eigenvalue weighted by atomic mass is 10.1. The van der Waals surface area contributed by atoms with Crippen molar-refractivity contribution in [3.8, 4) is 5.75 Å². The average Bonchev–Trinajstić information content (AvgIpc) is 3.48. The zero-order valence-corrected chi connectivity index (χ0v) is 26.7. The van der Waals surface area contributed by atoms with Crippen LogP contribution >= 0.6 is 15.9 Å². The molecule has 224 valence electrons. The molecule has 10 heteroatoms. The van der Waals surface area contributed by atoms with Gasteiger partial charge in [-0.15, -0.1) is 0 Å². The van der Waals surface area contributed by atoms with Crippen LogP contribution < -0.4 is 14.4 Å². The molecule has 0 unspecified atom stereocenters. The van der Waals surface area contributed by atoms with E-state index >= 15 is 0 Å². The molecule has 1 aliphatic carbocycles. The summed E-state index contributed by atoms with van der Waals surface area (Å²) in [6.45, 7) is 5.55. The van der Waals surface area contributed by atoms with Gasteiger partial charge in [0.15, 0.2) is 0 Å². The molecule has 0 saturated heterocycles. The molecule has 3 aromatic rings. The zero-order chi connectivity index (χ0) is 30.3. The van der Waals surface area contributed by atoms with E-state index < -0.39 is 28.5 Å². The third kappa shape index (κ3) is 7.92. The van der Waals surface area contributed by atoms with Crippen LogP contribution in [-0.4, -0.2) is 50.4 Å². The lowest BCUT2D eigenvalue weighted by Crippen LogP contribution is -2.52. The summed E-state index contributed by atoms with van der Waals surface area (Å²) in [5.41, 5.74) is 2.05. The van der Waals surface area contributed by atoms with Crippen molar-refractivity contribution < 1.29 is 22.7 Å². The summed E-state index contributed by atoms with van der Waals surface area (Å²) in [7, 11) is -4.13. The predicted molar refractivity (Wildman–Crippen MR) is 168 cm³/mol. The first-order valence-electron chi connectivity index (χ1n) is 14.2. The standard InChI is InChI=1S/C32H38BrN3O5S/c1-4-41-29-16-14-28(15-17-29)36(42(39,40)30-18-12-23(2)13-19-30)22-31(37)35(21-25-8-7-9-26(33)20-25)24(3)32(38)34-27-10-5-6-11-27/h7-9,12-20,24,27H,4-6,10-11,21-22H2,1-3H3,(H,34,38)/t24-/m0/s1. The van der Waals surface area contributed by atoms with Gasteiger partial charge in [0.25, 0.3) is 10.0 Å². The van der Waals surface area contributed by atoms with Gasteiger partial charge in [-0.05, 0) is 87.7 Å². The highest BCUT2D eigenvalue weighted by Gasteiger charge is 2.33. The van der Waals surface area contributed by atoms with Crippen LogP contribution in [0.2, 0.25) is 0 Å². The van der Waals surface area contributed by atoms with Crippen LogP contribution in [0.3, 0.4) is 0 Å². The number of amides is 2. The Hall–Kier alpha value is -3.37. The summed E-state index contributed by atoms with van der Waals surface area (Å²) in [6, 6.07) is 19.9. The van der Waals surface area contributed by atoms with E-state index in [1.807, 2.05) is 38.1 Å². The minimum absolute atomic E-state index is 0.0698. The molecule has 1 aliphatic rings. The monoisotopic (exact) mass is 655 g/mol. The first-order valence-corrected chi connectivity index (χ1v) is 16.5. The van der Waals surface area contributed by atoms with Crippen LogP contribution in [0.5, 0.6) is 5.75 Å². The third-order valence-electron chi connectivity index (χ3n) is 7.43. The normalized spacial score (nSPS) is 14.3. The van der Waals surface area contributed by atoms with E-state index in [2.05, 4.69) is 21.2 Å². The number of anilines is 1. The number of aryl methyl sites for hydroxylation is 1. The van der Waals surface area contributed by atoms with Crippen LogP contribution in [0.15, 0.2) is 82.2 Å². The highest BCUT2D eigenvalue weighted by Crippen LogP contribution is 2.27. The number of benzene rings is 3. The molecule has 4 rings (SSSR count). The lowest BCUT2D eigenvalue weighted by molar-refractivity contribution is -0.139. The smallest absolute Gasteiger partial charge is 0.264 e. The highest BCUT2D eigenvalue weighted by molar-refractivity contribution is 9.10. The van der Waals surface area contributed by atoms with Crippen LogP contribution in [0.25, 0.3) is 0 Å². The Morgan fingerprint density at radius 3 is 2.31 bits per heavy atom. The Morgan fingerprint density at radius 2 is 1.69 bits per heavy atom. The van der Waals surface area contributed by atoms with Crippen LogP contribution in [-0.2, 0) is 26.2 Å². The van der Waals surface area contributed by atoms with E-state index in [0.29, 0.717) is 18.0 Å². The maximum absolute atomic E-state index is 14.1. The van der Waals surface area contributed by atoms with Crippen molar-refractivity contribution in [3.05, 3.63) is 88.4 Å². The molecule has 0 bridgehead atoms. The van der Waals surface area contributed by atoms with Crippen molar-refractivity contribution in [2.45, 2.75) is 70.0 Å². The second-order valence-corrected chi connectivity index (χ2v) is 13.3. The molecule has 0 aliphatic heterocycles. The Bertz CT molecular complexity index is 1470. The number of halogens is 1. The van der Waals surface area contributed by atoms with Gasteiger partial charge in [0.1, 0.15) is 18.3 Å². The molecule has 3 aromatic carbocycles. The van der Waals surface area contributed by atoms with Gasteiger partial charge >= 0.3 is 0 Å². The number of hydrogen-bond acceptors (Lipinski definition) is 5. The summed E-state index contributed by atoms with van der Waals surface area (Å²) in [6.07, 6.45) is 3.96. The van der Waals surface area contributed by atoms with Gasteiger partial charge in [-0.25, -0.2) is 8.42 Å². The van der Waals surface area contributed by atoms with E-state index in [1.165, 1.54) is 17.0 Å². The van der Waals surface area contributed by atoms with Gasteiger partial charge in [-0.1, -0.05) is 58.6 Å². The quantitative estimate of drug-likeness (QED) is 0.265. The van der Waals surface area contributed by atoms with Gasteiger partial charge in [0, 0.05) is 17.1 Å². The van der Waals surface area contributed by atoms with Crippen molar-refractivity contribution in [3.63, 3.8) is 0 Å². The number of hydrogen-bond donors (Lipinski definition) is 1. The topological polar surface area (TPSA) is 96.0 Å². The maximum Gasteiger partial charge on any atom is 0.264 e. The molecule has 1 saturated carbocycles. The molecule has 0 spiro atoms. The van der Waals surface area contributed by atoms with Crippen molar-refractivity contribution in [2.75, 3.05) is 17.5 Å². The van der Waals surface area contributed by atoms with E-state index in [1.54, 1.807) is 43.3 Å². The van der Waals surface area contributed by atoms with Gasteiger partial charge in [-0.3, -0.25) is 13.9 Å². The lowest BCUT2D eigenvalue weighted by Gasteiger charge is -2.32. The second kappa shape index (κ2) is 14.2. The molecule has 0 heterocycles. The molecule has 1 N–H and O–H groups in total. The molecule has 2 amide bonds. The highest BCUT2D eigenvalue weighted by atomic mass is 79.9. The number of ether oxygens (including phenoxy) is 1. The zero-order valence-electron chi connectivity index (χ0n) is 24.3. The van der Waals surface area contributed by atoms with E-state index in [4.69, 9.17) is 4.74 Å². The van der Waals surface area contributed by atoms with Crippen molar-refractivity contribution >= 4 is 43.5 Å². The van der Waals surface area contributed by atoms with Crippen LogP contribution in [0.4, 0.5) is 5.69 Å². The fourth-order valence-electron chi connectivity index (χ4n) is 5.05. The third-order valence-corrected chi connectivity index (χ3v) is 9.72. The molecule has 1 atom stereocenters. The molecule has 0 radical (unpaired) electrons. The van der Waals surface area contributed by atoms with E-state index in [-0.39, 0.29) is 23.4 Å². The Balaban J connectivity index is 1.69. The van der Waals surface area contributed by atoms with Gasteiger partial charge in [0.2, 0.25) is 11.8 Å². The van der Waals surface area contributed by atoms with Crippen LogP contribution in [0, 0.1) is 6.92 Å². The first kappa shape index (κ1) is 31.6. The summed E-state index contributed by atoms with van der Waals surface area (Å²) in [5.74, 6) is -0.151. The molecule has 42 heavy (non-hydrogen) atoms. The summed E-state index contributed by atoms with van der Waals surface area (Å²) >= 11 is 3.48. The Kier molecular flexibility index (Phi) is 10.7. The number of nitrogens with one attached hydrogen (secondary N) is 1. The number of carbonyl (C=O) groups excluding carboxylic acids is 2. The van der Waals surface area contributed by atoms with Gasteiger partial charge in [0.05, 0.1) is 17.2 Å². The van der Waals surface area contributed by atoms with Crippen molar-refractivity contribution in [2.24, 2.45) is 0 Å². The molecule has 0 aromatic heterocycles. The van der Waals surface area contributed by atoms with E-state index in [9.17, 15) is 18.0 Å². The van der Waals surface area contributed by atoms with E-state index in [0.717, 1.165) is 45.6 Å². The molecule has 1 fully saturated rings. The minimum atomic E-state index is -4.13. The maximum atomic E-state index is 14.1. The minimum Gasteiger partial charge on any atom is -0.494 e. The summed E-state index contributed by atoms with van der Waals surface area (Å²) in [4.78, 5) is 29.0. The predicted octanol–water partition coefficient (Wildman–Crippen LogP) is 5.83. The Morgan fingerprint density at radius 1 is 1.02 bits per heavy atom. The SMILES string of the molecule is CCOc1ccc(N(CC(=O)N(Cc2cccc(Br)c2)[C@@H](C)C(=O)NC2CCCC2)S(=O)(=O)c2ccc(C)cc2)cc1. The number of carbonyl (C=O) groups is 2. The average molecular weight is 657 g/mol. The fraction of sp³-hybridized carbons (Fsp3) is 0.375. The first-order chi connectivity index (χ1) is 20.1. The van der Waals surface area contributed by atoms with Gasteiger partial charge < -0.3 is 15.0 Å². The molecular weight excluding hydrogens is 618 g/mol. The summed E-state index contributed by atoms with van der Waals surface area (Å²) in [5, 5.41) is 3.09. The fourth-order valence-corrected chi connectivity index (χ4v) is 6.91. The number of sulfonamides is 1. The van der Waals surface area contributed by atoms with Gasteiger partial charge in [-0.2, -0.15) is 0 Å². The van der Waals surface area contributed by atoms with Crippen molar-refractivity contribution in [1.29, 1.82) is 0 Å². The number of rotatable bonds is 12.